The Kier molecular flexibility index (Phi) is 12.4. The molecule has 2 aromatic carbocycles. The second-order valence-corrected chi connectivity index (χ2v) is 7.57. The van der Waals surface area contributed by atoms with Crippen LogP contribution in [0.4, 0.5) is 0 Å². The van der Waals surface area contributed by atoms with Gasteiger partial charge in [0.2, 0.25) is 0 Å². The molecule has 3 N–H and O–H groups in total. The maximum absolute atomic E-state index is 5.93. The molecule has 30 heavy (non-hydrogen) atoms. The van der Waals surface area contributed by atoms with Gasteiger partial charge in [-0.3, -0.25) is 4.98 Å². The summed E-state index contributed by atoms with van der Waals surface area (Å²) in [6.07, 6.45) is 2.78. The van der Waals surface area contributed by atoms with Gasteiger partial charge in [0.1, 0.15) is 5.15 Å². The Morgan fingerprint density at radius 1 is 0.967 bits per heavy atom. The zero-order chi connectivity index (χ0) is 19.4. The van der Waals surface area contributed by atoms with Crippen molar-refractivity contribution in [1.29, 1.82) is 0 Å². The van der Waals surface area contributed by atoms with Crippen molar-refractivity contribution in [3.05, 3.63) is 94.2 Å². The summed E-state index contributed by atoms with van der Waals surface area (Å²) < 4.78 is 1.04. The maximum atomic E-state index is 5.93. The molecule has 2 aromatic heterocycles. The number of nitrogens with zero attached hydrogens (tertiary/aromatic N) is 2. The Hall–Kier alpha value is -1.46. The molecular weight excluding hydrogens is 525 g/mol. The molecular formula is C23H22BrCl2FeN3. The first-order valence-electron chi connectivity index (χ1n) is 8.55. The quantitative estimate of drug-likeness (QED) is 0.121. The SMILES string of the molecule is C=[C-]c1ccc2ccc3ccc(Cl)nc3c2n1.CC(C)c1[c-]c(Br)ccc1.Cl.N.[Fe+2]. The largest absolute Gasteiger partial charge is 2.00 e. The number of pyridine rings is 2. The minimum atomic E-state index is 0. The third-order valence-electron chi connectivity index (χ3n) is 4.07. The van der Waals surface area contributed by atoms with Crippen molar-refractivity contribution in [1.82, 2.24) is 16.1 Å². The molecule has 3 nitrogen and oxygen atoms in total. The normalized spacial score (nSPS) is 9.63. The number of fused-ring (bicyclic) bond motifs is 3. The number of hydrogen-bond acceptors (Lipinski definition) is 3. The van der Waals surface area contributed by atoms with E-state index in [4.69, 9.17) is 11.6 Å². The van der Waals surface area contributed by atoms with Gasteiger partial charge >= 0.3 is 17.1 Å². The van der Waals surface area contributed by atoms with Crippen molar-refractivity contribution in [2.24, 2.45) is 0 Å². The fourth-order valence-electron chi connectivity index (χ4n) is 2.64. The smallest absolute Gasteiger partial charge is 0.344 e. The van der Waals surface area contributed by atoms with Gasteiger partial charge in [0, 0.05) is 5.39 Å². The van der Waals surface area contributed by atoms with Crippen LogP contribution in [0.1, 0.15) is 31.0 Å². The van der Waals surface area contributed by atoms with E-state index in [-0.39, 0.29) is 35.6 Å². The van der Waals surface area contributed by atoms with Crippen molar-refractivity contribution in [2.75, 3.05) is 0 Å². The van der Waals surface area contributed by atoms with Crippen LogP contribution in [-0.4, -0.2) is 9.97 Å². The first kappa shape index (κ1) is 28.5. The Bertz CT molecular complexity index is 1120. The topological polar surface area (TPSA) is 60.8 Å². The van der Waals surface area contributed by atoms with Crippen LogP contribution < -0.4 is 6.15 Å². The van der Waals surface area contributed by atoms with Crippen LogP contribution in [0.25, 0.3) is 21.8 Å². The second kappa shape index (κ2) is 13.1. The van der Waals surface area contributed by atoms with Gasteiger partial charge in [-0.15, -0.1) is 24.2 Å². The molecule has 0 aliphatic carbocycles. The fraction of sp³-hybridized carbons (Fsp3) is 0.130. The average molecular weight is 547 g/mol. The standard InChI is InChI=1S/C14H8ClN2.C9H10Br.ClH.Fe.H3N/c1-2-11-7-5-9-3-4-10-6-8-12(15)17-14(10)13(9)16-11;1-7(2)8-4-3-5-9(10)6-8;;;/h3-8H,1H2;3-5,7H,1-2H3;1H;;1H3/q2*-1;;+2;. The van der Waals surface area contributed by atoms with Crippen LogP contribution in [-0.2, 0) is 17.1 Å². The summed E-state index contributed by atoms with van der Waals surface area (Å²) in [6, 6.07) is 21.0. The third-order valence-corrected chi connectivity index (χ3v) is 4.74. The summed E-state index contributed by atoms with van der Waals surface area (Å²) in [5, 5.41) is 2.53. The molecule has 0 fully saturated rings. The summed E-state index contributed by atoms with van der Waals surface area (Å²) in [5.74, 6) is 0.567. The van der Waals surface area contributed by atoms with Crippen molar-refractivity contribution in [3.8, 4) is 0 Å². The molecule has 0 atom stereocenters. The molecule has 0 bridgehead atoms. The van der Waals surface area contributed by atoms with Gasteiger partial charge in [-0.1, -0.05) is 58.0 Å². The van der Waals surface area contributed by atoms with E-state index < -0.39 is 0 Å². The van der Waals surface area contributed by atoms with Crippen LogP contribution in [0, 0.1) is 12.1 Å². The van der Waals surface area contributed by atoms with E-state index in [1.165, 1.54) is 5.56 Å². The van der Waals surface area contributed by atoms with Crippen molar-refractivity contribution >= 4 is 61.7 Å². The van der Waals surface area contributed by atoms with Crippen LogP contribution in [0.2, 0.25) is 5.15 Å². The van der Waals surface area contributed by atoms with E-state index in [1.54, 1.807) is 6.07 Å². The molecule has 0 radical (unpaired) electrons. The molecule has 0 unspecified atom stereocenters. The van der Waals surface area contributed by atoms with Crippen LogP contribution in [0.5, 0.6) is 0 Å². The first-order valence-corrected chi connectivity index (χ1v) is 9.72. The first-order chi connectivity index (χ1) is 13.0. The minimum absolute atomic E-state index is 0. The van der Waals surface area contributed by atoms with Crippen LogP contribution in [0.3, 0.4) is 0 Å². The van der Waals surface area contributed by atoms with Gasteiger partial charge < -0.3 is 6.15 Å². The molecule has 0 aliphatic rings. The molecule has 0 amide bonds. The molecule has 2 heterocycles. The van der Waals surface area contributed by atoms with Gasteiger partial charge in [-0.05, 0) is 23.4 Å². The molecule has 4 rings (SSSR count). The van der Waals surface area contributed by atoms with Crippen LogP contribution >= 0.6 is 39.9 Å². The van der Waals surface area contributed by atoms with E-state index >= 15 is 0 Å². The third kappa shape index (κ3) is 7.05. The average Bonchev–Trinajstić information content (AvgIpc) is 2.68. The molecule has 0 spiro atoms. The monoisotopic (exact) mass is 545 g/mol. The van der Waals surface area contributed by atoms with E-state index in [0.717, 1.165) is 26.3 Å². The van der Waals surface area contributed by atoms with Gasteiger partial charge in [-0.2, -0.15) is 42.5 Å². The Labute approximate surface area is 207 Å². The maximum Gasteiger partial charge on any atom is 2.00 e. The van der Waals surface area contributed by atoms with Crippen molar-refractivity contribution in [2.45, 2.75) is 19.8 Å². The zero-order valence-corrected chi connectivity index (χ0v) is 20.9. The van der Waals surface area contributed by atoms with E-state index in [2.05, 4.69) is 64.5 Å². The van der Waals surface area contributed by atoms with E-state index in [0.29, 0.717) is 16.8 Å². The number of rotatable bonds is 2. The molecule has 7 heteroatoms. The number of hydrogen-bond donors (Lipinski definition) is 1. The van der Waals surface area contributed by atoms with E-state index in [9.17, 15) is 0 Å². The molecule has 4 aromatic rings. The molecule has 0 aliphatic heterocycles. The zero-order valence-electron chi connectivity index (χ0n) is 16.6. The molecule has 0 saturated heterocycles. The predicted octanol–water partition coefficient (Wildman–Crippen LogP) is 7.73. The Morgan fingerprint density at radius 3 is 2.07 bits per heavy atom. The Balaban J connectivity index is 0.000000569. The summed E-state index contributed by atoms with van der Waals surface area (Å²) >= 11 is 9.30. The minimum Gasteiger partial charge on any atom is -0.344 e. The fourth-order valence-corrected chi connectivity index (χ4v) is 3.17. The summed E-state index contributed by atoms with van der Waals surface area (Å²) in [7, 11) is 0. The summed E-state index contributed by atoms with van der Waals surface area (Å²) in [6.45, 7) is 7.93. The van der Waals surface area contributed by atoms with Crippen molar-refractivity contribution < 1.29 is 17.1 Å². The summed E-state index contributed by atoms with van der Waals surface area (Å²) in [4.78, 5) is 8.80. The molecule has 0 saturated carbocycles. The number of aromatic nitrogens is 2. The van der Waals surface area contributed by atoms with Gasteiger partial charge in [0.15, 0.2) is 0 Å². The van der Waals surface area contributed by atoms with Gasteiger partial charge in [0.25, 0.3) is 0 Å². The predicted molar refractivity (Wildman–Crippen MR) is 129 cm³/mol. The van der Waals surface area contributed by atoms with Crippen LogP contribution in [0.15, 0.2) is 65.6 Å². The van der Waals surface area contributed by atoms with E-state index in [1.807, 2.05) is 42.5 Å². The van der Waals surface area contributed by atoms with Crippen molar-refractivity contribution in [3.63, 3.8) is 0 Å². The number of halogens is 3. The number of benzene rings is 2. The summed E-state index contributed by atoms with van der Waals surface area (Å²) in [5.41, 5.74) is 3.62. The van der Waals surface area contributed by atoms with Gasteiger partial charge in [-0.25, -0.2) is 11.1 Å². The molecule has 158 valence electrons. The Morgan fingerprint density at radius 2 is 1.53 bits per heavy atom. The van der Waals surface area contributed by atoms with Gasteiger partial charge in [0.05, 0.1) is 11.0 Å². The second-order valence-electron chi connectivity index (χ2n) is 6.33.